The zero-order valence-electron chi connectivity index (χ0n) is 15.9. The van der Waals surface area contributed by atoms with E-state index in [-0.39, 0.29) is 18.3 Å². The molecule has 1 N–H and O–H groups in total. The van der Waals surface area contributed by atoms with Gasteiger partial charge in [-0.3, -0.25) is 14.4 Å². The number of benzene rings is 1. The zero-order valence-corrected chi connectivity index (χ0v) is 15.9. The summed E-state index contributed by atoms with van der Waals surface area (Å²) in [4.78, 5) is 14.1. The monoisotopic (exact) mass is 374 g/mol. The van der Waals surface area contributed by atoms with Crippen LogP contribution in [0.2, 0.25) is 0 Å². The van der Waals surface area contributed by atoms with Crippen molar-refractivity contribution in [3.63, 3.8) is 0 Å². The molecule has 0 atom stereocenters. The number of aromatic nitrogens is 2. The van der Waals surface area contributed by atoms with E-state index in [1.165, 1.54) is 19.2 Å². The topological polar surface area (TPSA) is 59.4 Å². The molecule has 27 heavy (non-hydrogen) atoms. The summed E-state index contributed by atoms with van der Waals surface area (Å²) in [5.41, 5.74) is 3.28. The van der Waals surface area contributed by atoms with Crippen LogP contribution in [-0.2, 0) is 29.7 Å². The van der Waals surface area contributed by atoms with Gasteiger partial charge in [0.2, 0.25) is 5.91 Å². The molecule has 1 aromatic heterocycles. The Morgan fingerprint density at radius 3 is 2.67 bits per heavy atom. The molecule has 0 saturated carbocycles. The highest BCUT2D eigenvalue weighted by molar-refractivity contribution is 5.77. The molecule has 146 valence electrons. The Balaban J connectivity index is 1.56. The van der Waals surface area contributed by atoms with Gasteiger partial charge >= 0.3 is 0 Å². The van der Waals surface area contributed by atoms with Crippen molar-refractivity contribution < 1.29 is 13.9 Å². The fourth-order valence-corrected chi connectivity index (χ4v) is 3.62. The molecule has 0 radical (unpaired) electrons. The lowest BCUT2D eigenvalue weighted by molar-refractivity contribution is -0.124. The van der Waals surface area contributed by atoms with Crippen molar-refractivity contribution in [2.24, 2.45) is 7.05 Å². The van der Waals surface area contributed by atoms with E-state index in [0.717, 1.165) is 49.3 Å². The van der Waals surface area contributed by atoms with Crippen molar-refractivity contribution in [3.05, 3.63) is 53.1 Å². The molecule has 0 aliphatic carbocycles. The Labute approximate surface area is 159 Å². The molecule has 0 spiro atoms. The first-order valence-electron chi connectivity index (χ1n) is 9.30. The minimum absolute atomic E-state index is 0.0668. The molecule has 2 aromatic rings. The lowest BCUT2D eigenvalue weighted by atomic mass is 9.91. The van der Waals surface area contributed by atoms with Crippen molar-refractivity contribution in [2.75, 3.05) is 26.8 Å². The normalized spacial score (nSPS) is 15.8. The number of nitrogens with one attached hydrogen (secondary N) is 1. The van der Waals surface area contributed by atoms with E-state index in [4.69, 9.17) is 4.74 Å². The molecular weight excluding hydrogens is 347 g/mol. The summed E-state index contributed by atoms with van der Waals surface area (Å²) in [6, 6.07) is 6.72. The van der Waals surface area contributed by atoms with Crippen LogP contribution >= 0.6 is 0 Å². The molecule has 1 aliphatic rings. The molecule has 1 amide bonds. The molecule has 7 heteroatoms. The molecule has 0 bridgehead atoms. The number of piperidine rings is 1. The average molecular weight is 374 g/mol. The Morgan fingerprint density at radius 2 is 2.00 bits per heavy atom. The number of nitrogens with zero attached hydrogens (tertiary/aromatic N) is 3. The molecular formula is C20H27FN4O2. The van der Waals surface area contributed by atoms with Crippen LogP contribution in [0.5, 0.6) is 0 Å². The fourth-order valence-electron chi connectivity index (χ4n) is 3.62. The molecule has 1 aromatic carbocycles. The van der Waals surface area contributed by atoms with E-state index in [2.05, 4.69) is 15.3 Å². The third-order valence-corrected chi connectivity index (χ3v) is 4.98. The van der Waals surface area contributed by atoms with Gasteiger partial charge in [0.05, 0.1) is 5.69 Å². The van der Waals surface area contributed by atoms with Crippen LogP contribution in [0.25, 0.3) is 0 Å². The number of halogens is 1. The number of hydrogen-bond donors (Lipinski definition) is 1. The van der Waals surface area contributed by atoms with Gasteiger partial charge in [0.1, 0.15) is 12.4 Å². The van der Waals surface area contributed by atoms with E-state index in [0.29, 0.717) is 12.5 Å². The molecule has 3 rings (SSSR count). The first kappa shape index (κ1) is 19.5. The van der Waals surface area contributed by atoms with Gasteiger partial charge in [0.15, 0.2) is 0 Å². The van der Waals surface area contributed by atoms with Gasteiger partial charge in [-0.1, -0.05) is 12.1 Å². The maximum absolute atomic E-state index is 13.0. The largest absolute Gasteiger partial charge is 0.375 e. The van der Waals surface area contributed by atoms with E-state index < -0.39 is 0 Å². The number of methoxy groups -OCH3 is 1. The Hall–Kier alpha value is -2.25. The molecule has 1 saturated heterocycles. The highest BCUT2D eigenvalue weighted by Gasteiger charge is 2.25. The second-order valence-electron chi connectivity index (χ2n) is 7.10. The van der Waals surface area contributed by atoms with Gasteiger partial charge in [-0.2, -0.15) is 5.10 Å². The van der Waals surface area contributed by atoms with Crippen LogP contribution in [0.3, 0.4) is 0 Å². The highest BCUT2D eigenvalue weighted by atomic mass is 19.1. The minimum Gasteiger partial charge on any atom is -0.375 e. The summed E-state index contributed by atoms with van der Waals surface area (Å²) >= 11 is 0. The first-order valence-corrected chi connectivity index (χ1v) is 9.30. The third-order valence-electron chi connectivity index (χ3n) is 4.98. The minimum atomic E-state index is -0.197. The van der Waals surface area contributed by atoms with E-state index in [9.17, 15) is 9.18 Å². The van der Waals surface area contributed by atoms with Gasteiger partial charge in [0, 0.05) is 44.9 Å². The van der Waals surface area contributed by atoms with E-state index >= 15 is 0 Å². The quantitative estimate of drug-likeness (QED) is 0.807. The van der Waals surface area contributed by atoms with Gasteiger partial charge in [-0.15, -0.1) is 0 Å². The maximum atomic E-state index is 13.0. The van der Waals surface area contributed by atoms with E-state index in [1.807, 2.05) is 30.1 Å². The number of ether oxygens (including phenoxy) is 1. The lowest BCUT2D eigenvalue weighted by Gasteiger charge is -2.31. The van der Waals surface area contributed by atoms with Gasteiger partial charge in [-0.05, 0) is 43.6 Å². The smallest absolute Gasteiger partial charge is 0.246 e. The van der Waals surface area contributed by atoms with Crippen LogP contribution in [0.4, 0.5) is 4.39 Å². The summed E-state index contributed by atoms with van der Waals surface area (Å²) in [5, 5.41) is 7.53. The third kappa shape index (κ3) is 5.37. The molecule has 1 aliphatic heterocycles. The number of likely N-dealkylation sites (tertiary alicyclic amines) is 1. The van der Waals surface area contributed by atoms with Crippen molar-refractivity contribution in [1.29, 1.82) is 0 Å². The van der Waals surface area contributed by atoms with Crippen LogP contribution in [0.1, 0.15) is 35.6 Å². The van der Waals surface area contributed by atoms with Crippen LogP contribution in [-0.4, -0.2) is 47.4 Å². The summed E-state index contributed by atoms with van der Waals surface area (Å²) in [7, 11) is 3.42. The predicted molar refractivity (Wildman–Crippen MR) is 101 cm³/mol. The fraction of sp³-hybridized carbons (Fsp3) is 0.500. The number of carbonyl (C=O) groups is 1. The second kappa shape index (κ2) is 9.10. The summed E-state index contributed by atoms with van der Waals surface area (Å²) in [6.07, 6.45) is 4.03. The van der Waals surface area contributed by atoms with Crippen molar-refractivity contribution in [1.82, 2.24) is 20.0 Å². The van der Waals surface area contributed by atoms with Gasteiger partial charge in [-0.25, -0.2) is 4.39 Å². The van der Waals surface area contributed by atoms with Crippen LogP contribution in [0, 0.1) is 5.82 Å². The van der Waals surface area contributed by atoms with Crippen molar-refractivity contribution in [2.45, 2.75) is 31.8 Å². The summed E-state index contributed by atoms with van der Waals surface area (Å²) in [5.74, 6) is 0.0733. The average Bonchev–Trinajstić information content (AvgIpc) is 3.03. The number of carbonyl (C=O) groups excluding carboxylic acids is 1. The first-order chi connectivity index (χ1) is 13.0. The van der Waals surface area contributed by atoms with Crippen molar-refractivity contribution >= 4 is 5.91 Å². The number of amides is 1. The maximum Gasteiger partial charge on any atom is 0.246 e. The van der Waals surface area contributed by atoms with Gasteiger partial charge < -0.3 is 10.1 Å². The number of aryl methyl sites for hydroxylation is 1. The Morgan fingerprint density at radius 1 is 1.30 bits per heavy atom. The number of hydrogen-bond acceptors (Lipinski definition) is 4. The summed E-state index contributed by atoms with van der Waals surface area (Å²) < 4.78 is 19.7. The zero-order chi connectivity index (χ0) is 19.2. The molecule has 1 fully saturated rings. The molecule has 6 nitrogen and oxygen atoms in total. The molecule has 2 heterocycles. The Bertz CT molecular complexity index is 752. The highest BCUT2D eigenvalue weighted by Crippen LogP contribution is 2.30. The van der Waals surface area contributed by atoms with E-state index in [1.54, 1.807) is 0 Å². The predicted octanol–water partition coefficient (Wildman–Crippen LogP) is 2.20. The number of rotatable bonds is 7. The van der Waals surface area contributed by atoms with Crippen LogP contribution < -0.4 is 5.32 Å². The molecule has 0 unspecified atom stereocenters. The van der Waals surface area contributed by atoms with Crippen LogP contribution in [0.15, 0.2) is 30.5 Å². The second-order valence-corrected chi connectivity index (χ2v) is 7.10. The van der Waals surface area contributed by atoms with Crippen molar-refractivity contribution in [3.8, 4) is 0 Å². The van der Waals surface area contributed by atoms with Gasteiger partial charge in [0.25, 0.3) is 0 Å². The summed E-state index contributed by atoms with van der Waals surface area (Å²) in [6.45, 7) is 3.34. The SMILES string of the molecule is COCC(=O)NCc1cn(C)nc1C1CCN(Cc2ccc(F)cc2)CC1. The lowest BCUT2D eigenvalue weighted by Crippen LogP contribution is -2.33. The Kier molecular flexibility index (Phi) is 6.58. The standard InChI is InChI=1S/C20H27FN4O2/c1-24-13-17(11-22-19(26)14-27-2)20(23-24)16-7-9-25(10-8-16)12-15-3-5-18(21)6-4-15/h3-6,13,16H,7-12,14H2,1-2H3,(H,22,26).